The standard InChI is InChI=1S/C19H21ClN2O5S/c1-19(18(24)25,13-7-5-4-6-8-13)12-17(23)21-14-9-10-15(20)16(11-14)28(26,27)22(2)3/h4-11H,12H2,1-3H3,(H,21,23)(H,24,25). The number of aliphatic carboxylic acids is 1. The Morgan fingerprint density at radius 3 is 2.29 bits per heavy atom. The average Bonchev–Trinajstić information content (AvgIpc) is 2.63. The molecule has 0 aromatic heterocycles. The molecule has 0 fully saturated rings. The second-order valence-corrected chi connectivity index (χ2v) is 9.19. The zero-order valence-electron chi connectivity index (χ0n) is 15.6. The second kappa shape index (κ2) is 8.30. The van der Waals surface area contributed by atoms with Crippen molar-refractivity contribution in [1.29, 1.82) is 0 Å². The van der Waals surface area contributed by atoms with Gasteiger partial charge in [0.1, 0.15) is 4.90 Å². The summed E-state index contributed by atoms with van der Waals surface area (Å²) in [5.74, 6) is -1.70. The third kappa shape index (κ3) is 4.52. The maximum atomic E-state index is 12.5. The van der Waals surface area contributed by atoms with E-state index in [0.717, 1.165) is 4.31 Å². The van der Waals surface area contributed by atoms with Crippen LogP contribution in [-0.4, -0.2) is 43.8 Å². The largest absolute Gasteiger partial charge is 0.481 e. The molecular formula is C19H21ClN2O5S. The van der Waals surface area contributed by atoms with Crippen LogP contribution in [0.2, 0.25) is 5.02 Å². The molecule has 7 nitrogen and oxygen atoms in total. The van der Waals surface area contributed by atoms with Gasteiger partial charge in [-0.1, -0.05) is 41.9 Å². The van der Waals surface area contributed by atoms with Crippen molar-refractivity contribution in [2.45, 2.75) is 23.7 Å². The highest BCUT2D eigenvalue weighted by Gasteiger charge is 2.37. The van der Waals surface area contributed by atoms with Crippen LogP contribution in [0.4, 0.5) is 5.69 Å². The SMILES string of the molecule is CN(C)S(=O)(=O)c1cc(NC(=O)CC(C)(C(=O)O)c2ccccc2)ccc1Cl. The molecule has 0 aliphatic rings. The summed E-state index contributed by atoms with van der Waals surface area (Å²) in [6, 6.07) is 12.5. The van der Waals surface area contributed by atoms with Gasteiger partial charge >= 0.3 is 5.97 Å². The van der Waals surface area contributed by atoms with E-state index in [9.17, 15) is 23.1 Å². The van der Waals surface area contributed by atoms with Gasteiger partial charge in [-0.25, -0.2) is 12.7 Å². The number of nitrogens with zero attached hydrogens (tertiary/aromatic N) is 1. The lowest BCUT2D eigenvalue weighted by Gasteiger charge is -2.25. The average molecular weight is 425 g/mol. The van der Waals surface area contributed by atoms with Crippen LogP contribution in [0.15, 0.2) is 53.4 Å². The lowest BCUT2D eigenvalue weighted by Crippen LogP contribution is -2.36. The molecule has 0 saturated carbocycles. The van der Waals surface area contributed by atoms with Crippen molar-refractivity contribution in [1.82, 2.24) is 4.31 Å². The first kappa shape index (κ1) is 21.9. The summed E-state index contributed by atoms with van der Waals surface area (Å²) in [4.78, 5) is 24.2. The first-order valence-electron chi connectivity index (χ1n) is 8.29. The number of nitrogens with one attached hydrogen (secondary N) is 1. The lowest BCUT2D eigenvalue weighted by molar-refractivity contribution is -0.145. The van der Waals surface area contributed by atoms with E-state index in [1.54, 1.807) is 30.3 Å². The number of carboxylic acid groups (broad SMARTS) is 1. The molecule has 28 heavy (non-hydrogen) atoms. The first-order valence-corrected chi connectivity index (χ1v) is 10.1. The van der Waals surface area contributed by atoms with Crippen molar-refractivity contribution in [3.05, 3.63) is 59.1 Å². The topological polar surface area (TPSA) is 104 Å². The van der Waals surface area contributed by atoms with Crippen molar-refractivity contribution in [3.8, 4) is 0 Å². The number of sulfonamides is 1. The molecule has 2 rings (SSSR count). The molecule has 0 radical (unpaired) electrons. The Balaban J connectivity index is 2.29. The Morgan fingerprint density at radius 2 is 1.75 bits per heavy atom. The zero-order chi connectivity index (χ0) is 21.1. The Kier molecular flexibility index (Phi) is 6.48. The number of carbonyl (C=O) groups is 2. The monoisotopic (exact) mass is 424 g/mol. The van der Waals surface area contributed by atoms with E-state index in [1.165, 1.54) is 39.2 Å². The van der Waals surface area contributed by atoms with Crippen molar-refractivity contribution >= 4 is 39.2 Å². The van der Waals surface area contributed by atoms with Gasteiger partial charge in [-0.05, 0) is 30.7 Å². The van der Waals surface area contributed by atoms with Crippen LogP contribution in [0.25, 0.3) is 0 Å². The number of amides is 1. The molecule has 2 aromatic carbocycles. The predicted molar refractivity (Wildman–Crippen MR) is 107 cm³/mol. The van der Waals surface area contributed by atoms with Crippen LogP contribution < -0.4 is 5.32 Å². The van der Waals surface area contributed by atoms with Gasteiger partial charge in [0.05, 0.1) is 10.4 Å². The fourth-order valence-corrected chi connectivity index (χ4v) is 4.00. The van der Waals surface area contributed by atoms with Gasteiger partial charge in [-0.3, -0.25) is 9.59 Å². The highest BCUT2D eigenvalue weighted by molar-refractivity contribution is 7.89. The van der Waals surface area contributed by atoms with E-state index in [1.807, 2.05) is 0 Å². The van der Waals surface area contributed by atoms with Gasteiger partial charge in [-0.15, -0.1) is 0 Å². The smallest absolute Gasteiger partial charge is 0.314 e. The number of carbonyl (C=O) groups excluding carboxylic acids is 1. The molecule has 2 N–H and O–H groups in total. The van der Waals surface area contributed by atoms with Crippen LogP contribution in [0, 0.1) is 0 Å². The van der Waals surface area contributed by atoms with Gasteiger partial charge in [0.2, 0.25) is 15.9 Å². The van der Waals surface area contributed by atoms with Gasteiger partial charge in [-0.2, -0.15) is 0 Å². The van der Waals surface area contributed by atoms with Crippen molar-refractivity contribution in [3.63, 3.8) is 0 Å². The Hall–Kier alpha value is -2.42. The summed E-state index contributed by atoms with van der Waals surface area (Å²) < 4.78 is 25.7. The number of halogens is 1. The van der Waals surface area contributed by atoms with Crippen LogP contribution in [-0.2, 0) is 25.0 Å². The summed E-state index contributed by atoms with van der Waals surface area (Å²) in [6.45, 7) is 1.47. The van der Waals surface area contributed by atoms with Crippen molar-refractivity contribution in [2.75, 3.05) is 19.4 Å². The van der Waals surface area contributed by atoms with Crippen LogP contribution in [0.1, 0.15) is 18.9 Å². The summed E-state index contributed by atoms with van der Waals surface area (Å²) >= 11 is 5.99. The molecule has 1 atom stereocenters. The van der Waals surface area contributed by atoms with E-state index in [2.05, 4.69) is 5.32 Å². The lowest BCUT2D eigenvalue weighted by atomic mass is 9.79. The van der Waals surface area contributed by atoms with E-state index >= 15 is 0 Å². The normalized spacial score (nSPS) is 13.8. The van der Waals surface area contributed by atoms with E-state index in [-0.39, 0.29) is 22.0 Å². The molecule has 0 saturated heterocycles. The molecule has 0 bridgehead atoms. The van der Waals surface area contributed by atoms with Crippen LogP contribution in [0.3, 0.4) is 0 Å². The Morgan fingerprint density at radius 1 is 1.14 bits per heavy atom. The number of anilines is 1. The van der Waals surface area contributed by atoms with Crippen LogP contribution in [0.5, 0.6) is 0 Å². The van der Waals surface area contributed by atoms with Gasteiger partial charge in [0, 0.05) is 26.2 Å². The molecule has 0 spiro atoms. The molecule has 2 aromatic rings. The minimum Gasteiger partial charge on any atom is -0.481 e. The second-order valence-electron chi connectivity index (χ2n) is 6.66. The third-order valence-corrected chi connectivity index (χ3v) is 6.67. The van der Waals surface area contributed by atoms with Gasteiger partial charge in [0.25, 0.3) is 0 Å². The van der Waals surface area contributed by atoms with E-state index in [0.29, 0.717) is 5.56 Å². The van der Waals surface area contributed by atoms with Crippen LogP contribution >= 0.6 is 11.6 Å². The molecular weight excluding hydrogens is 404 g/mol. The maximum absolute atomic E-state index is 12.5. The number of benzene rings is 2. The Labute approximate surface area is 169 Å². The highest BCUT2D eigenvalue weighted by atomic mass is 35.5. The van der Waals surface area contributed by atoms with Crippen molar-refractivity contribution in [2.24, 2.45) is 0 Å². The van der Waals surface area contributed by atoms with Crippen molar-refractivity contribution < 1.29 is 23.1 Å². The minimum atomic E-state index is -3.80. The molecule has 0 aliphatic heterocycles. The minimum absolute atomic E-state index is 0.0198. The summed E-state index contributed by atoms with van der Waals surface area (Å²) in [6.07, 6.45) is -0.329. The molecule has 0 heterocycles. The first-order chi connectivity index (χ1) is 13.0. The number of hydrogen-bond acceptors (Lipinski definition) is 4. The Bertz CT molecular complexity index is 993. The number of rotatable bonds is 7. The fraction of sp³-hybridized carbons (Fsp3) is 0.263. The molecule has 9 heteroatoms. The highest BCUT2D eigenvalue weighted by Crippen LogP contribution is 2.30. The van der Waals surface area contributed by atoms with Gasteiger partial charge < -0.3 is 10.4 Å². The van der Waals surface area contributed by atoms with E-state index in [4.69, 9.17) is 11.6 Å². The number of carboxylic acids is 1. The molecule has 150 valence electrons. The summed E-state index contributed by atoms with van der Waals surface area (Å²) in [7, 11) is -1.06. The third-order valence-electron chi connectivity index (χ3n) is 4.37. The number of hydrogen-bond donors (Lipinski definition) is 2. The molecule has 1 amide bonds. The maximum Gasteiger partial charge on any atom is 0.314 e. The summed E-state index contributed by atoms with van der Waals surface area (Å²) in [5, 5.41) is 12.2. The zero-order valence-corrected chi connectivity index (χ0v) is 17.2. The quantitative estimate of drug-likeness (QED) is 0.711. The van der Waals surface area contributed by atoms with E-state index < -0.39 is 27.3 Å². The predicted octanol–water partition coefficient (Wildman–Crippen LogP) is 2.96. The summed E-state index contributed by atoms with van der Waals surface area (Å²) in [5.41, 5.74) is -0.740. The fourth-order valence-electron chi connectivity index (χ4n) is 2.61. The molecule has 0 aliphatic carbocycles. The van der Waals surface area contributed by atoms with Gasteiger partial charge in [0.15, 0.2) is 0 Å². The molecule has 1 unspecified atom stereocenters.